The third-order valence-corrected chi connectivity index (χ3v) is 4.38. The van der Waals surface area contributed by atoms with Crippen LogP contribution in [0.2, 0.25) is 0 Å². The van der Waals surface area contributed by atoms with Crippen molar-refractivity contribution in [1.82, 2.24) is 14.1 Å². The van der Waals surface area contributed by atoms with Crippen LogP contribution in [0.25, 0.3) is 11.0 Å². The van der Waals surface area contributed by atoms with Gasteiger partial charge < -0.3 is 4.74 Å². The molecule has 28 heavy (non-hydrogen) atoms. The van der Waals surface area contributed by atoms with Gasteiger partial charge in [0.2, 0.25) is 0 Å². The van der Waals surface area contributed by atoms with Crippen LogP contribution in [0.15, 0.2) is 39.9 Å². The van der Waals surface area contributed by atoms with E-state index in [0.717, 1.165) is 4.57 Å². The first-order valence-electron chi connectivity index (χ1n) is 8.65. The van der Waals surface area contributed by atoms with Crippen LogP contribution in [-0.4, -0.2) is 26.7 Å². The number of nitrogens with zero attached hydrogens (tertiary/aromatic N) is 4. The van der Waals surface area contributed by atoms with Crippen molar-refractivity contribution < 1.29 is 9.53 Å². The van der Waals surface area contributed by atoms with Crippen LogP contribution in [0.5, 0.6) is 0 Å². The lowest BCUT2D eigenvalue weighted by Gasteiger charge is -2.13. The van der Waals surface area contributed by atoms with Crippen molar-refractivity contribution in [2.45, 2.75) is 20.4 Å². The van der Waals surface area contributed by atoms with Crippen LogP contribution in [-0.2, 0) is 18.3 Å². The Morgan fingerprint density at radius 2 is 2.00 bits per heavy atom. The number of pyridine rings is 1. The van der Waals surface area contributed by atoms with E-state index in [1.54, 1.807) is 38.1 Å². The Kier molecular flexibility index (Phi) is 5.09. The average Bonchev–Trinajstić information content (AvgIpc) is 2.69. The van der Waals surface area contributed by atoms with Crippen LogP contribution < -0.4 is 11.2 Å². The van der Waals surface area contributed by atoms with Crippen LogP contribution >= 0.6 is 0 Å². The Labute approximate surface area is 160 Å². The summed E-state index contributed by atoms with van der Waals surface area (Å²) in [4.78, 5) is 42.7. The number of carbonyl (C=O) groups is 1. The molecule has 0 amide bonds. The number of hydrogen-bond donors (Lipinski definition) is 0. The minimum absolute atomic E-state index is 0.0144. The summed E-state index contributed by atoms with van der Waals surface area (Å²) in [7, 11) is 1.48. The number of aryl methyl sites for hydroxylation is 2. The molecule has 3 aromatic rings. The summed E-state index contributed by atoms with van der Waals surface area (Å²) in [6.45, 7) is 3.39. The number of benzene rings is 1. The minimum atomic E-state index is -0.655. The lowest BCUT2D eigenvalue weighted by atomic mass is 10.1. The quantitative estimate of drug-likeness (QED) is 0.637. The Hall–Kier alpha value is -3.73. The average molecular weight is 378 g/mol. The maximum atomic E-state index is 13.2. The number of hydrogen-bond acceptors (Lipinski definition) is 6. The molecule has 0 spiro atoms. The molecule has 0 fully saturated rings. The highest BCUT2D eigenvalue weighted by molar-refractivity contribution is 6.02. The van der Waals surface area contributed by atoms with Gasteiger partial charge in [-0.15, -0.1) is 0 Å². The first-order valence-corrected chi connectivity index (χ1v) is 8.65. The second-order valence-corrected chi connectivity index (χ2v) is 6.23. The van der Waals surface area contributed by atoms with Crippen molar-refractivity contribution in [1.29, 1.82) is 5.26 Å². The van der Waals surface area contributed by atoms with Crippen molar-refractivity contribution >= 4 is 17.0 Å². The third-order valence-electron chi connectivity index (χ3n) is 4.38. The molecule has 0 N–H and O–H groups in total. The lowest BCUT2D eigenvalue weighted by molar-refractivity contribution is 0.0528. The smallest absolute Gasteiger partial charge is 0.339 e. The summed E-state index contributed by atoms with van der Waals surface area (Å²) < 4.78 is 7.29. The molecule has 142 valence electrons. The number of esters is 1. The second-order valence-electron chi connectivity index (χ2n) is 6.23. The van der Waals surface area contributed by atoms with Gasteiger partial charge in [-0.05, 0) is 31.5 Å². The van der Waals surface area contributed by atoms with E-state index in [1.807, 2.05) is 6.07 Å². The predicted octanol–water partition coefficient (Wildman–Crippen LogP) is 1.50. The molecule has 1 aromatic carbocycles. The van der Waals surface area contributed by atoms with E-state index in [9.17, 15) is 19.6 Å². The summed E-state index contributed by atoms with van der Waals surface area (Å²) in [5.74, 6) is -0.655. The van der Waals surface area contributed by atoms with E-state index in [2.05, 4.69) is 4.98 Å². The highest BCUT2D eigenvalue weighted by Gasteiger charge is 2.21. The molecule has 0 atom stereocenters. The predicted molar refractivity (Wildman–Crippen MR) is 102 cm³/mol. The molecule has 0 aliphatic rings. The normalized spacial score (nSPS) is 10.6. The number of carbonyl (C=O) groups excluding carboxylic acids is 1. The van der Waals surface area contributed by atoms with Gasteiger partial charge in [-0.3, -0.25) is 13.9 Å². The molecule has 2 heterocycles. The molecule has 0 bridgehead atoms. The van der Waals surface area contributed by atoms with E-state index >= 15 is 0 Å². The van der Waals surface area contributed by atoms with E-state index in [0.29, 0.717) is 16.8 Å². The fourth-order valence-electron chi connectivity index (χ4n) is 3.05. The van der Waals surface area contributed by atoms with Gasteiger partial charge >= 0.3 is 11.7 Å². The lowest BCUT2D eigenvalue weighted by Crippen LogP contribution is -2.40. The number of ether oxygens (including phenoxy) is 1. The molecule has 0 aliphatic heterocycles. The molecule has 0 aliphatic carbocycles. The van der Waals surface area contributed by atoms with Crippen LogP contribution in [0.1, 0.15) is 34.1 Å². The summed E-state index contributed by atoms with van der Waals surface area (Å²) >= 11 is 0. The molecule has 8 nitrogen and oxygen atoms in total. The monoisotopic (exact) mass is 378 g/mol. The highest BCUT2D eigenvalue weighted by Crippen LogP contribution is 2.16. The Bertz CT molecular complexity index is 1250. The number of nitriles is 1. The summed E-state index contributed by atoms with van der Waals surface area (Å²) in [6, 6.07) is 10.2. The zero-order chi connectivity index (χ0) is 20.4. The van der Waals surface area contributed by atoms with E-state index < -0.39 is 17.2 Å². The largest absolute Gasteiger partial charge is 0.462 e. The van der Waals surface area contributed by atoms with E-state index in [1.165, 1.54) is 17.7 Å². The van der Waals surface area contributed by atoms with Gasteiger partial charge in [-0.2, -0.15) is 5.26 Å². The van der Waals surface area contributed by atoms with Gasteiger partial charge in [0.05, 0.1) is 35.7 Å². The van der Waals surface area contributed by atoms with E-state index in [-0.39, 0.29) is 29.7 Å². The second kappa shape index (κ2) is 7.48. The topological polar surface area (TPSA) is 107 Å². The van der Waals surface area contributed by atoms with Crippen LogP contribution in [0.3, 0.4) is 0 Å². The van der Waals surface area contributed by atoms with Crippen LogP contribution in [0.4, 0.5) is 0 Å². The van der Waals surface area contributed by atoms with Crippen molar-refractivity contribution in [2.75, 3.05) is 6.61 Å². The summed E-state index contributed by atoms with van der Waals surface area (Å²) in [5, 5.41) is 9.29. The fraction of sp³-hybridized carbons (Fsp3) is 0.250. The molecule has 3 rings (SSSR count). The molecule has 0 saturated heterocycles. The minimum Gasteiger partial charge on any atom is -0.462 e. The van der Waals surface area contributed by atoms with Gasteiger partial charge in [-0.1, -0.05) is 18.2 Å². The van der Waals surface area contributed by atoms with Crippen molar-refractivity contribution in [2.24, 2.45) is 7.05 Å². The third kappa shape index (κ3) is 3.18. The molecular weight excluding hydrogens is 360 g/mol. The number of rotatable bonds is 4. The van der Waals surface area contributed by atoms with Gasteiger partial charge in [0.15, 0.2) is 0 Å². The molecular formula is C20H18N4O4. The standard InChI is InChI=1S/C20H18N4O4/c1-4-28-19(26)15-9-12(2)22-17-16(15)18(25)24(20(27)23(17)3)11-14-8-6-5-7-13(14)10-21/h5-9H,4,11H2,1-3H3. The van der Waals surface area contributed by atoms with Crippen molar-refractivity contribution in [3.05, 3.63) is 73.6 Å². The van der Waals surface area contributed by atoms with Crippen LogP contribution in [0, 0.1) is 18.3 Å². The molecule has 0 radical (unpaired) electrons. The van der Waals surface area contributed by atoms with Gasteiger partial charge in [0, 0.05) is 12.7 Å². The zero-order valence-electron chi connectivity index (χ0n) is 15.7. The summed E-state index contributed by atoms with van der Waals surface area (Å²) in [5.41, 5.74) is 0.317. The van der Waals surface area contributed by atoms with Gasteiger partial charge in [-0.25, -0.2) is 14.6 Å². The van der Waals surface area contributed by atoms with Gasteiger partial charge in [0.1, 0.15) is 5.65 Å². The van der Waals surface area contributed by atoms with Crippen molar-refractivity contribution in [3.63, 3.8) is 0 Å². The SMILES string of the molecule is CCOC(=O)c1cc(C)nc2c1c(=O)n(Cc1ccccc1C#N)c(=O)n2C. The molecule has 0 unspecified atom stereocenters. The van der Waals surface area contributed by atoms with Crippen molar-refractivity contribution in [3.8, 4) is 6.07 Å². The molecule has 0 saturated carbocycles. The number of aromatic nitrogens is 3. The summed E-state index contributed by atoms with van der Waals surface area (Å²) in [6.07, 6.45) is 0. The highest BCUT2D eigenvalue weighted by atomic mass is 16.5. The first-order chi connectivity index (χ1) is 13.4. The molecule has 2 aromatic heterocycles. The van der Waals surface area contributed by atoms with E-state index in [4.69, 9.17) is 4.74 Å². The molecule has 8 heteroatoms. The van der Waals surface area contributed by atoms with Gasteiger partial charge in [0.25, 0.3) is 5.56 Å². The zero-order valence-corrected chi connectivity index (χ0v) is 15.7. The fourth-order valence-corrected chi connectivity index (χ4v) is 3.05. The Balaban J connectivity index is 2.34. The first kappa shape index (κ1) is 19.0. The maximum Gasteiger partial charge on any atom is 0.339 e. The number of fused-ring (bicyclic) bond motifs is 1. The maximum absolute atomic E-state index is 13.2. The Morgan fingerprint density at radius 3 is 2.68 bits per heavy atom. The Morgan fingerprint density at radius 1 is 1.29 bits per heavy atom.